The van der Waals surface area contributed by atoms with Crippen molar-refractivity contribution < 1.29 is 9.53 Å². The van der Waals surface area contributed by atoms with Crippen molar-refractivity contribution in [1.29, 1.82) is 0 Å². The highest BCUT2D eigenvalue weighted by Crippen LogP contribution is 2.36. The highest BCUT2D eigenvalue weighted by Gasteiger charge is 2.42. The van der Waals surface area contributed by atoms with Crippen LogP contribution >= 0.6 is 0 Å². The van der Waals surface area contributed by atoms with Crippen molar-refractivity contribution in [2.24, 2.45) is 0 Å². The third kappa shape index (κ3) is 4.13. The fourth-order valence-corrected chi connectivity index (χ4v) is 4.48. The molecule has 1 saturated carbocycles. The molecule has 0 saturated heterocycles. The normalized spacial score (nSPS) is 15.6. The molecule has 33 heavy (non-hydrogen) atoms. The van der Waals surface area contributed by atoms with Crippen molar-refractivity contribution in [1.82, 2.24) is 9.58 Å². The summed E-state index contributed by atoms with van der Waals surface area (Å²) in [5.74, 6) is 0.0315. The average molecular weight is 444 g/mol. The van der Waals surface area contributed by atoms with Gasteiger partial charge >= 0.3 is 0 Å². The molecule has 0 N–H and O–H groups in total. The molecular weight excluding hydrogens is 414 g/mol. The van der Waals surface area contributed by atoms with E-state index in [4.69, 9.17) is 4.74 Å². The fourth-order valence-electron chi connectivity index (χ4n) is 4.48. The summed E-state index contributed by atoms with van der Waals surface area (Å²) in [6, 6.07) is 22.2. The number of amides is 1. The van der Waals surface area contributed by atoms with E-state index in [1.54, 1.807) is 6.20 Å². The molecule has 2 aromatic carbocycles. The van der Waals surface area contributed by atoms with Crippen LogP contribution in [0.4, 0.5) is 0 Å². The molecule has 1 aromatic heterocycles. The first kappa shape index (κ1) is 21.3. The largest absolute Gasteiger partial charge is 0.487 e. The van der Waals surface area contributed by atoms with Crippen molar-refractivity contribution in [3.63, 3.8) is 0 Å². The maximum Gasteiger partial charge on any atom is 0.278 e. The van der Waals surface area contributed by atoms with Crippen molar-refractivity contribution in [3.05, 3.63) is 100.0 Å². The Bertz CT molecular complexity index is 1130. The van der Waals surface area contributed by atoms with E-state index in [0.717, 1.165) is 36.8 Å². The molecule has 6 nitrogen and oxygen atoms in total. The lowest BCUT2D eigenvalue weighted by Crippen LogP contribution is -2.56. The van der Waals surface area contributed by atoms with Gasteiger partial charge in [-0.15, -0.1) is 0 Å². The first-order chi connectivity index (χ1) is 16.2. The lowest BCUT2D eigenvalue weighted by molar-refractivity contribution is 0.0662. The third-order valence-electron chi connectivity index (χ3n) is 6.33. The summed E-state index contributed by atoms with van der Waals surface area (Å²) < 4.78 is 7.77. The van der Waals surface area contributed by atoms with Crippen LogP contribution in [-0.4, -0.2) is 34.8 Å². The van der Waals surface area contributed by atoms with E-state index >= 15 is 0 Å². The number of hydrogen-bond acceptors (Lipinski definition) is 4. The number of rotatable bonds is 8. The van der Waals surface area contributed by atoms with E-state index in [1.807, 2.05) is 46.0 Å². The number of unbranched alkanes of at least 4 members (excludes halogenated alkanes) is 1. The summed E-state index contributed by atoms with van der Waals surface area (Å²) in [4.78, 5) is 28.3. The Kier molecular flexibility index (Phi) is 5.90. The maximum atomic E-state index is 13.6. The number of benzene rings is 2. The van der Waals surface area contributed by atoms with Crippen LogP contribution in [0.1, 0.15) is 60.3 Å². The zero-order valence-corrected chi connectivity index (χ0v) is 18.9. The predicted octanol–water partition coefficient (Wildman–Crippen LogP) is 4.33. The Morgan fingerprint density at radius 1 is 0.939 bits per heavy atom. The molecule has 1 aliphatic heterocycles. The number of carbonyl (C=O) groups excluding carboxylic acids is 1. The summed E-state index contributed by atoms with van der Waals surface area (Å²) >= 11 is 0. The summed E-state index contributed by atoms with van der Waals surface area (Å²) in [5, 5.41) is 2.17. The van der Waals surface area contributed by atoms with Crippen LogP contribution in [0.15, 0.2) is 77.7 Å². The first-order valence-electron chi connectivity index (χ1n) is 11.7. The highest BCUT2D eigenvalue weighted by atomic mass is 16.5. The third-order valence-corrected chi connectivity index (χ3v) is 6.33. The first-order valence-corrected chi connectivity index (χ1v) is 11.7. The zero-order valence-electron chi connectivity index (χ0n) is 18.9. The Morgan fingerprint density at radius 2 is 1.58 bits per heavy atom. The van der Waals surface area contributed by atoms with Gasteiger partial charge in [0, 0.05) is 18.3 Å². The second-order valence-electron chi connectivity index (χ2n) is 8.72. The monoisotopic (exact) mass is 443 g/mol. The highest BCUT2D eigenvalue weighted by molar-refractivity contribution is 5.96. The van der Waals surface area contributed by atoms with Crippen molar-refractivity contribution >= 4 is 5.91 Å². The van der Waals surface area contributed by atoms with Gasteiger partial charge in [0.2, 0.25) is 5.43 Å². The average Bonchev–Trinajstić information content (AvgIpc) is 3.69. The Morgan fingerprint density at radius 3 is 2.15 bits per heavy atom. The second-order valence-corrected chi connectivity index (χ2v) is 8.72. The fraction of sp³-hybridized carbons (Fsp3) is 0.333. The Hall–Kier alpha value is -3.54. The Balaban J connectivity index is 1.67. The molecular formula is C27H29N3O3. The SMILES string of the molecule is CCCCOc1c2n(ccc1=O)N(C(c1ccccc1)c1ccccc1)CN(C1CC1)C2=O. The molecule has 0 unspecified atom stereocenters. The minimum atomic E-state index is -0.251. The van der Waals surface area contributed by atoms with Gasteiger partial charge in [0.15, 0.2) is 11.4 Å². The van der Waals surface area contributed by atoms with Crippen molar-refractivity contribution in [2.45, 2.75) is 44.7 Å². The van der Waals surface area contributed by atoms with Crippen LogP contribution in [0.2, 0.25) is 0 Å². The topological polar surface area (TPSA) is 54.8 Å². The summed E-state index contributed by atoms with van der Waals surface area (Å²) in [7, 11) is 0. The van der Waals surface area contributed by atoms with E-state index in [0.29, 0.717) is 19.0 Å². The lowest BCUT2D eigenvalue weighted by atomic mass is 9.98. The van der Waals surface area contributed by atoms with Crippen molar-refractivity contribution in [2.75, 3.05) is 18.3 Å². The van der Waals surface area contributed by atoms with Crippen LogP contribution in [0.3, 0.4) is 0 Å². The van der Waals surface area contributed by atoms with E-state index < -0.39 is 0 Å². The molecule has 1 aliphatic carbocycles. The minimum Gasteiger partial charge on any atom is -0.487 e. The number of carbonyl (C=O) groups is 1. The van der Waals surface area contributed by atoms with Crippen LogP contribution in [0.5, 0.6) is 5.75 Å². The van der Waals surface area contributed by atoms with Gasteiger partial charge in [-0.05, 0) is 30.4 Å². The number of fused-ring (bicyclic) bond motifs is 1. The second kappa shape index (κ2) is 9.14. The lowest BCUT2D eigenvalue weighted by Gasteiger charge is -2.44. The van der Waals surface area contributed by atoms with Gasteiger partial charge in [-0.2, -0.15) is 0 Å². The van der Waals surface area contributed by atoms with E-state index in [2.05, 4.69) is 36.2 Å². The molecule has 6 heteroatoms. The summed E-state index contributed by atoms with van der Waals surface area (Å²) in [5.41, 5.74) is 2.31. The van der Waals surface area contributed by atoms with Crippen LogP contribution < -0.4 is 15.2 Å². The Labute approximate surface area is 194 Å². The summed E-state index contributed by atoms with van der Waals surface area (Å²) in [6.45, 7) is 2.94. The number of aromatic nitrogens is 1. The zero-order chi connectivity index (χ0) is 22.8. The molecule has 0 radical (unpaired) electrons. The number of hydrogen-bond donors (Lipinski definition) is 0. The van der Waals surface area contributed by atoms with Crippen LogP contribution in [-0.2, 0) is 0 Å². The molecule has 0 bridgehead atoms. The maximum absolute atomic E-state index is 13.6. The van der Waals surface area contributed by atoms with Crippen molar-refractivity contribution in [3.8, 4) is 5.75 Å². The number of ether oxygens (including phenoxy) is 1. The van der Waals surface area contributed by atoms with E-state index in [1.165, 1.54) is 6.07 Å². The number of pyridine rings is 1. The van der Waals surface area contributed by atoms with E-state index in [9.17, 15) is 9.59 Å². The minimum absolute atomic E-state index is 0.127. The summed E-state index contributed by atoms with van der Waals surface area (Å²) in [6.07, 6.45) is 5.47. The van der Waals surface area contributed by atoms with Gasteiger partial charge in [-0.25, -0.2) is 0 Å². The van der Waals surface area contributed by atoms with E-state index in [-0.39, 0.29) is 29.2 Å². The van der Waals surface area contributed by atoms with Gasteiger partial charge in [0.1, 0.15) is 6.67 Å². The molecule has 0 spiro atoms. The van der Waals surface area contributed by atoms with Gasteiger partial charge in [0.25, 0.3) is 5.91 Å². The molecule has 3 aromatic rings. The standard InChI is InChI=1S/C27H29N3O3/c1-2-3-18-33-26-23(31)16-17-29-25(26)27(32)28(22-14-15-22)19-30(29)24(20-10-6-4-7-11-20)21-12-8-5-9-13-21/h4-13,16-17,22,24H,2-3,14-15,18-19H2,1H3. The molecule has 0 atom stereocenters. The van der Waals surface area contributed by atoms with Gasteiger partial charge in [-0.3, -0.25) is 19.3 Å². The molecule has 170 valence electrons. The van der Waals surface area contributed by atoms with Gasteiger partial charge in [-0.1, -0.05) is 74.0 Å². The number of nitrogens with zero attached hydrogens (tertiary/aromatic N) is 3. The molecule has 2 aliphatic rings. The molecule has 1 amide bonds. The van der Waals surface area contributed by atoms with Gasteiger partial charge in [0.05, 0.1) is 12.6 Å². The van der Waals surface area contributed by atoms with Gasteiger partial charge < -0.3 is 9.64 Å². The van der Waals surface area contributed by atoms with Crippen LogP contribution in [0.25, 0.3) is 0 Å². The predicted molar refractivity (Wildman–Crippen MR) is 128 cm³/mol. The molecule has 1 fully saturated rings. The van der Waals surface area contributed by atoms with Crippen LogP contribution in [0, 0.1) is 0 Å². The quantitative estimate of drug-likeness (QED) is 0.486. The molecule has 2 heterocycles. The molecule has 5 rings (SSSR count). The smallest absolute Gasteiger partial charge is 0.278 e.